The minimum Gasteiger partial charge on any atom is -0.481 e. The fraction of sp³-hybridized carbons (Fsp3) is 0.375. The van der Waals surface area contributed by atoms with Crippen LogP contribution in [0.1, 0.15) is 42.2 Å². The largest absolute Gasteiger partial charge is 0.481 e. The van der Waals surface area contributed by atoms with Crippen molar-refractivity contribution >= 4 is 11.9 Å². The molecule has 1 heterocycles. The summed E-state index contributed by atoms with van der Waals surface area (Å²) < 4.78 is 1.54. The van der Waals surface area contributed by atoms with Crippen LogP contribution < -0.4 is 5.32 Å². The van der Waals surface area contributed by atoms with E-state index in [0.717, 1.165) is 11.3 Å². The van der Waals surface area contributed by atoms with Crippen LogP contribution in [0.25, 0.3) is 5.69 Å². The van der Waals surface area contributed by atoms with Crippen molar-refractivity contribution in [1.82, 2.24) is 20.3 Å². The van der Waals surface area contributed by atoms with Gasteiger partial charge in [-0.1, -0.05) is 24.3 Å². The van der Waals surface area contributed by atoms with Crippen LogP contribution >= 0.6 is 0 Å². The number of aromatic nitrogens is 3. The van der Waals surface area contributed by atoms with Gasteiger partial charge in [0, 0.05) is 12.5 Å². The Morgan fingerprint density at radius 2 is 2.17 bits per heavy atom. The van der Waals surface area contributed by atoms with Gasteiger partial charge in [0.05, 0.1) is 11.9 Å². The molecule has 2 aromatic rings. The summed E-state index contributed by atoms with van der Waals surface area (Å²) in [4.78, 5) is 22.8. The van der Waals surface area contributed by atoms with Gasteiger partial charge in [-0.15, -0.1) is 5.10 Å². The molecule has 23 heavy (non-hydrogen) atoms. The summed E-state index contributed by atoms with van der Waals surface area (Å²) in [5.41, 5.74) is 2.12. The predicted octanol–water partition coefficient (Wildman–Crippen LogP) is 1.95. The highest BCUT2D eigenvalue weighted by molar-refractivity contribution is 5.92. The maximum atomic E-state index is 12.2. The smallest absolute Gasteiger partial charge is 0.303 e. The number of carbonyl (C=O) groups is 2. The second kappa shape index (κ2) is 7.53. The second-order valence-corrected chi connectivity index (χ2v) is 5.40. The molecule has 0 saturated heterocycles. The van der Waals surface area contributed by atoms with Crippen LogP contribution in [0.4, 0.5) is 0 Å². The number of carbonyl (C=O) groups excluding carboxylic acids is 1. The fourth-order valence-electron chi connectivity index (χ4n) is 2.20. The number of hydrogen-bond acceptors (Lipinski definition) is 4. The molecule has 0 aliphatic carbocycles. The van der Waals surface area contributed by atoms with E-state index in [4.69, 9.17) is 5.11 Å². The Balaban J connectivity index is 2.04. The SMILES string of the molecule is CCC(CCC(=O)O)NC(=O)c1cn(-c2cccc(C)c2)nn1. The molecule has 0 aliphatic heterocycles. The third-order valence-electron chi connectivity index (χ3n) is 3.53. The lowest BCUT2D eigenvalue weighted by Gasteiger charge is -2.14. The molecule has 0 bridgehead atoms. The van der Waals surface area contributed by atoms with Crippen molar-refractivity contribution in [1.29, 1.82) is 0 Å². The van der Waals surface area contributed by atoms with Gasteiger partial charge in [0.25, 0.3) is 5.91 Å². The molecule has 1 atom stereocenters. The van der Waals surface area contributed by atoms with Crippen LogP contribution in [0.2, 0.25) is 0 Å². The van der Waals surface area contributed by atoms with Gasteiger partial charge < -0.3 is 10.4 Å². The van der Waals surface area contributed by atoms with Crippen molar-refractivity contribution in [2.45, 2.75) is 39.2 Å². The first-order valence-electron chi connectivity index (χ1n) is 7.51. The summed E-state index contributed by atoms with van der Waals surface area (Å²) in [6.07, 6.45) is 2.64. The number of rotatable bonds is 7. The number of aliphatic carboxylic acids is 1. The van der Waals surface area contributed by atoms with E-state index in [0.29, 0.717) is 12.8 Å². The predicted molar refractivity (Wildman–Crippen MR) is 84.5 cm³/mol. The highest BCUT2D eigenvalue weighted by Gasteiger charge is 2.16. The topological polar surface area (TPSA) is 97.1 Å². The second-order valence-electron chi connectivity index (χ2n) is 5.40. The first-order chi connectivity index (χ1) is 11.0. The summed E-state index contributed by atoms with van der Waals surface area (Å²) >= 11 is 0. The van der Waals surface area contributed by atoms with E-state index in [-0.39, 0.29) is 24.1 Å². The lowest BCUT2D eigenvalue weighted by atomic mass is 10.1. The quantitative estimate of drug-likeness (QED) is 0.813. The first-order valence-corrected chi connectivity index (χ1v) is 7.51. The molecule has 7 heteroatoms. The van der Waals surface area contributed by atoms with Gasteiger partial charge in [-0.25, -0.2) is 4.68 Å². The molecule has 1 amide bonds. The van der Waals surface area contributed by atoms with Gasteiger partial charge in [0.1, 0.15) is 0 Å². The third kappa shape index (κ3) is 4.64. The average molecular weight is 316 g/mol. The lowest BCUT2D eigenvalue weighted by molar-refractivity contribution is -0.137. The van der Waals surface area contributed by atoms with E-state index in [2.05, 4.69) is 15.6 Å². The normalized spacial score (nSPS) is 11.9. The van der Waals surface area contributed by atoms with Gasteiger partial charge in [0.2, 0.25) is 0 Å². The molecule has 2 N–H and O–H groups in total. The van der Waals surface area contributed by atoms with E-state index in [1.54, 1.807) is 10.9 Å². The van der Waals surface area contributed by atoms with Crippen molar-refractivity contribution in [2.75, 3.05) is 0 Å². The summed E-state index contributed by atoms with van der Waals surface area (Å²) in [7, 11) is 0. The van der Waals surface area contributed by atoms with E-state index < -0.39 is 5.97 Å². The molecule has 0 aliphatic rings. The lowest BCUT2D eigenvalue weighted by Crippen LogP contribution is -2.35. The molecular formula is C16H20N4O3. The molecule has 7 nitrogen and oxygen atoms in total. The molecule has 1 aromatic carbocycles. The minimum atomic E-state index is -0.872. The monoisotopic (exact) mass is 316 g/mol. The van der Waals surface area contributed by atoms with Crippen molar-refractivity contribution in [3.63, 3.8) is 0 Å². The molecule has 1 unspecified atom stereocenters. The zero-order valence-corrected chi connectivity index (χ0v) is 13.2. The Morgan fingerprint density at radius 1 is 1.39 bits per heavy atom. The Morgan fingerprint density at radius 3 is 2.83 bits per heavy atom. The molecular weight excluding hydrogens is 296 g/mol. The van der Waals surface area contributed by atoms with Gasteiger partial charge in [-0.05, 0) is 37.5 Å². The molecule has 2 rings (SSSR count). The summed E-state index contributed by atoms with van der Waals surface area (Å²) in [6.45, 7) is 3.87. The zero-order valence-electron chi connectivity index (χ0n) is 13.2. The van der Waals surface area contributed by atoms with Crippen molar-refractivity contribution in [3.8, 4) is 5.69 Å². The standard InChI is InChI=1S/C16H20N4O3/c1-3-12(7-8-15(21)22)17-16(23)14-10-20(19-18-14)13-6-4-5-11(2)9-13/h4-6,9-10,12H,3,7-8H2,1-2H3,(H,17,23)(H,21,22). The van der Waals surface area contributed by atoms with E-state index >= 15 is 0 Å². The Labute approximate surface area is 134 Å². The van der Waals surface area contributed by atoms with E-state index in [1.165, 1.54) is 0 Å². The zero-order chi connectivity index (χ0) is 16.8. The average Bonchev–Trinajstić information content (AvgIpc) is 3.01. The maximum Gasteiger partial charge on any atom is 0.303 e. The molecule has 0 saturated carbocycles. The number of nitrogens with zero attached hydrogens (tertiary/aromatic N) is 3. The summed E-state index contributed by atoms with van der Waals surface area (Å²) in [5, 5.41) is 19.4. The summed E-state index contributed by atoms with van der Waals surface area (Å²) in [6, 6.07) is 7.51. The number of carboxylic acid groups (broad SMARTS) is 1. The number of nitrogens with one attached hydrogen (secondary N) is 1. The highest BCUT2D eigenvalue weighted by Crippen LogP contribution is 2.10. The summed E-state index contributed by atoms with van der Waals surface area (Å²) in [5.74, 6) is -1.22. The molecule has 122 valence electrons. The van der Waals surface area contributed by atoms with Crippen molar-refractivity contribution in [3.05, 3.63) is 41.7 Å². The molecule has 0 radical (unpaired) electrons. The van der Waals surface area contributed by atoms with Crippen molar-refractivity contribution in [2.24, 2.45) is 0 Å². The number of aryl methyl sites for hydroxylation is 1. The van der Waals surface area contributed by atoms with Crippen LogP contribution in [-0.4, -0.2) is 38.0 Å². The molecule has 1 aromatic heterocycles. The van der Waals surface area contributed by atoms with E-state index in [1.807, 2.05) is 38.1 Å². The van der Waals surface area contributed by atoms with Crippen LogP contribution in [-0.2, 0) is 4.79 Å². The van der Waals surface area contributed by atoms with Gasteiger partial charge in [-0.2, -0.15) is 0 Å². The Bertz CT molecular complexity index is 696. The highest BCUT2D eigenvalue weighted by atomic mass is 16.4. The van der Waals surface area contributed by atoms with Gasteiger partial charge >= 0.3 is 5.97 Å². The van der Waals surface area contributed by atoms with E-state index in [9.17, 15) is 9.59 Å². The van der Waals surface area contributed by atoms with Crippen LogP contribution in [0.5, 0.6) is 0 Å². The first kappa shape index (κ1) is 16.7. The number of hydrogen-bond donors (Lipinski definition) is 2. The van der Waals surface area contributed by atoms with Crippen LogP contribution in [0.15, 0.2) is 30.5 Å². The van der Waals surface area contributed by atoms with Gasteiger partial charge in [-0.3, -0.25) is 9.59 Å². The molecule has 0 spiro atoms. The maximum absolute atomic E-state index is 12.2. The minimum absolute atomic E-state index is 0.0226. The van der Waals surface area contributed by atoms with Gasteiger partial charge in [0.15, 0.2) is 5.69 Å². The Hall–Kier alpha value is -2.70. The third-order valence-corrected chi connectivity index (χ3v) is 3.53. The number of carboxylic acids is 1. The van der Waals surface area contributed by atoms with Crippen molar-refractivity contribution < 1.29 is 14.7 Å². The Kier molecular flexibility index (Phi) is 5.46. The number of benzene rings is 1. The van der Waals surface area contributed by atoms with Crippen LogP contribution in [0, 0.1) is 6.92 Å². The fourth-order valence-corrected chi connectivity index (χ4v) is 2.20. The number of amides is 1. The molecule has 0 fully saturated rings. The van der Waals surface area contributed by atoms with Crippen LogP contribution in [0.3, 0.4) is 0 Å².